The number of phenols is 1. The van der Waals surface area contributed by atoms with Gasteiger partial charge in [0.1, 0.15) is 22.8 Å². The van der Waals surface area contributed by atoms with Gasteiger partial charge in [-0.05, 0) is 53.9 Å². The number of methoxy groups -OCH3 is 1. The van der Waals surface area contributed by atoms with Crippen LogP contribution in [-0.2, 0) is 33.8 Å². The average Bonchev–Trinajstić information content (AvgIpc) is 2.73. The van der Waals surface area contributed by atoms with Crippen LogP contribution in [0.3, 0.4) is 0 Å². The fourth-order valence-corrected chi connectivity index (χ4v) is 5.71. The molecule has 6 N–H and O–H groups in total. The predicted octanol–water partition coefficient (Wildman–Crippen LogP) is 1.93. The van der Waals surface area contributed by atoms with E-state index in [1.54, 1.807) is 0 Å². The summed E-state index contributed by atoms with van der Waals surface area (Å²) in [5.74, 6) is -6.03. The van der Waals surface area contributed by atoms with Crippen molar-refractivity contribution in [1.82, 2.24) is 0 Å². The number of aromatic hydroxyl groups is 1. The van der Waals surface area contributed by atoms with Crippen LogP contribution in [0.2, 0.25) is 0 Å². The molecular weight excluding hydrogens is 442 g/mol. The van der Waals surface area contributed by atoms with Crippen LogP contribution in [0.4, 0.5) is 0 Å². The Balaban J connectivity index is 1.91. The van der Waals surface area contributed by atoms with Gasteiger partial charge in [-0.1, -0.05) is 13.8 Å². The number of carbonyl (C=O) groups excluding carboxylic acids is 3. The van der Waals surface area contributed by atoms with Crippen molar-refractivity contribution in [2.45, 2.75) is 51.7 Å². The number of phenolic OH excluding ortho intramolecular Hbond substituents is 1. The zero-order chi connectivity index (χ0) is 25.1. The Morgan fingerprint density at radius 2 is 1.88 bits per heavy atom. The molecule has 0 radical (unpaired) electrons. The second kappa shape index (κ2) is 8.25. The summed E-state index contributed by atoms with van der Waals surface area (Å²) in [4.78, 5) is 38.4. The lowest BCUT2D eigenvalue weighted by molar-refractivity contribution is -0.144. The van der Waals surface area contributed by atoms with Crippen LogP contribution < -0.4 is 5.73 Å². The van der Waals surface area contributed by atoms with Crippen LogP contribution in [0.15, 0.2) is 28.7 Å². The normalized spacial score (nSPS) is 26.5. The number of carbonyl (C=O) groups is 3. The van der Waals surface area contributed by atoms with Gasteiger partial charge in [0.2, 0.25) is 5.78 Å². The van der Waals surface area contributed by atoms with E-state index in [1.165, 1.54) is 7.11 Å². The van der Waals surface area contributed by atoms with Gasteiger partial charge in [0.15, 0.2) is 11.4 Å². The molecule has 1 aromatic carbocycles. The minimum atomic E-state index is -2.56. The highest BCUT2D eigenvalue weighted by atomic mass is 16.5. The van der Waals surface area contributed by atoms with E-state index in [9.17, 15) is 34.8 Å². The van der Waals surface area contributed by atoms with Gasteiger partial charge in [0, 0.05) is 25.0 Å². The van der Waals surface area contributed by atoms with Crippen molar-refractivity contribution >= 4 is 17.5 Å². The molecule has 182 valence electrons. The van der Waals surface area contributed by atoms with E-state index in [0.717, 1.165) is 5.56 Å². The minimum Gasteiger partial charge on any atom is -0.511 e. The van der Waals surface area contributed by atoms with Gasteiger partial charge in [-0.3, -0.25) is 14.4 Å². The van der Waals surface area contributed by atoms with Crippen molar-refractivity contribution in [1.29, 1.82) is 0 Å². The highest BCUT2D eigenvalue weighted by Crippen LogP contribution is 2.52. The Kier molecular flexibility index (Phi) is 5.81. The van der Waals surface area contributed by atoms with E-state index >= 15 is 0 Å². The molecule has 34 heavy (non-hydrogen) atoms. The Morgan fingerprint density at radius 3 is 2.47 bits per heavy atom. The van der Waals surface area contributed by atoms with Crippen LogP contribution in [0, 0.1) is 17.8 Å². The van der Waals surface area contributed by atoms with Crippen LogP contribution in [0.25, 0.3) is 0 Å². The van der Waals surface area contributed by atoms with Crippen LogP contribution in [0.1, 0.15) is 53.7 Å². The standard InChI is InChI=1S/C25H29NO8/c1-10(2)4-12-5-13(9-34-3)15-7-11-6-14-8-16(27)19(24(26)32)23(31)25(14,33)22(30)17(11)21(29)18(15)20(12)28/h5,10-11,14,27-28,30,33H,4,6-9H2,1-3H3,(H2,26,32)/t11-,14+,25+/m1/s1. The van der Waals surface area contributed by atoms with Gasteiger partial charge in [-0.25, -0.2) is 0 Å². The number of amides is 1. The molecule has 0 saturated heterocycles. The van der Waals surface area contributed by atoms with Crippen molar-refractivity contribution in [2.24, 2.45) is 23.5 Å². The third kappa shape index (κ3) is 3.33. The molecule has 9 heteroatoms. The van der Waals surface area contributed by atoms with E-state index < -0.39 is 52.0 Å². The molecule has 0 unspecified atom stereocenters. The molecule has 0 spiro atoms. The van der Waals surface area contributed by atoms with Crippen molar-refractivity contribution in [2.75, 3.05) is 7.11 Å². The Hall–Kier alpha value is -3.17. The van der Waals surface area contributed by atoms with Gasteiger partial charge in [0.05, 0.1) is 12.2 Å². The number of allylic oxidation sites excluding steroid dienone is 2. The number of hydrogen-bond donors (Lipinski definition) is 5. The molecule has 1 aromatic rings. The number of Topliss-reactive ketones (excluding diaryl/α,β-unsaturated/α-hetero) is 2. The molecule has 0 fully saturated rings. The van der Waals surface area contributed by atoms with Crippen LogP contribution in [0.5, 0.6) is 5.75 Å². The number of hydrogen-bond acceptors (Lipinski definition) is 8. The van der Waals surface area contributed by atoms with Gasteiger partial charge in [-0.15, -0.1) is 0 Å². The summed E-state index contributed by atoms with van der Waals surface area (Å²) < 4.78 is 5.33. The first-order chi connectivity index (χ1) is 15.9. The first-order valence-electron chi connectivity index (χ1n) is 11.3. The average molecular weight is 472 g/mol. The quantitative estimate of drug-likeness (QED) is 0.406. The number of aliphatic hydroxyl groups is 3. The summed E-state index contributed by atoms with van der Waals surface area (Å²) in [5.41, 5.74) is 3.66. The maximum atomic E-state index is 13.7. The third-order valence-corrected chi connectivity index (χ3v) is 7.16. The maximum absolute atomic E-state index is 13.7. The lowest BCUT2D eigenvalue weighted by atomic mass is 9.60. The molecule has 4 rings (SSSR count). The van der Waals surface area contributed by atoms with Gasteiger partial charge >= 0.3 is 0 Å². The van der Waals surface area contributed by atoms with E-state index in [-0.39, 0.29) is 48.7 Å². The molecular formula is C25H29NO8. The Bertz CT molecular complexity index is 1180. The summed E-state index contributed by atoms with van der Waals surface area (Å²) in [6, 6.07) is 1.83. The third-order valence-electron chi connectivity index (χ3n) is 7.16. The van der Waals surface area contributed by atoms with Gasteiger partial charge in [-0.2, -0.15) is 0 Å². The van der Waals surface area contributed by atoms with Crippen LogP contribution in [-0.4, -0.2) is 50.6 Å². The van der Waals surface area contributed by atoms with Gasteiger partial charge in [0.25, 0.3) is 5.91 Å². The number of ether oxygens (including phenoxy) is 1. The zero-order valence-corrected chi connectivity index (χ0v) is 19.3. The SMILES string of the molecule is COCc1cc(CC(C)C)c(O)c2c1C[C@H]1C[C@H]3CC(O)=C(C(N)=O)C(=O)[C@@]3(O)C(O)=C1C2=O. The second-order valence-electron chi connectivity index (χ2n) is 9.84. The topological polar surface area (TPSA) is 167 Å². The first kappa shape index (κ1) is 24.0. The summed E-state index contributed by atoms with van der Waals surface area (Å²) in [5, 5.41) is 43.7. The zero-order valence-electron chi connectivity index (χ0n) is 19.3. The minimum absolute atomic E-state index is 0.0295. The van der Waals surface area contributed by atoms with E-state index in [0.29, 0.717) is 17.5 Å². The molecule has 3 aliphatic rings. The van der Waals surface area contributed by atoms with Crippen molar-refractivity contribution in [3.8, 4) is 5.75 Å². The fourth-order valence-electron chi connectivity index (χ4n) is 5.71. The molecule has 0 saturated carbocycles. The number of benzene rings is 1. The molecule has 3 atom stereocenters. The fraction of sp³-hybridized carbons (Fsp3) is 0.480. The van der Waals surface area contributed by atoms with E-state index in [2.05, 4.69) is 0 Å². The maximum Gasteiger partial charge on any atom is 0.255 e. The molecule has 3 aliphatic carbocycles. The van der Waals surface area contributed by atoms with Crippen molar-refractivity contribution < 1.29 is 39.5 Å². The number of ketones is 2. The van der Waals surface area contributed by atoms with E-state index in [4.69, 9.17) is 10.5 Å². The van der Waals surface area contributed by atoms with Crippen molar-refractivity contribution in [3.05, 3.63) is 51.0 Å². The Labute approximate surface area is 196 Å². The van der Waals surface area contributed by atoms with Crippen molar-refractivity contribution in [3.63, 3.8) is 0 Å². The summed E-state index contributed by atoms with van der Waals surface area (Å²) in [6.45, 7) is 4.17. The number of rotatable bonds is 5. The molecule has 0 aromatic heterocycles. The van der Waals surface area contributed by atoms with Crippen LogP contribution >= 0.6 is 0 Å². The van der Waals surface area contributed by atoms with Gasteiger partial charge < -0.3 is 30.9 Å². The molecule has 0 aliphatic heterocycles. The number of primary amides is 1. The summed E-state index contributed by atoms with van der Waals surface area (Å²) >= 11 is 0. The number of fused-ring (bicyclic) bond motifs is 3. The molecule has 1 amide bonds. The van der Waals surface area contributed by atoms with E-state index in [1.807, 2.05) is 19.9 Å². The summed E-state index contributed by atoms with van der Waals surface area (Å²) in [7, 11) is 1.53. The monoisotopic (exact) mass is 471 g/mol. The molecule has 9 nitrogen and oxygen atoms in total. The summed E-state index contributed by atoms with van der Waals surface area (Å²) in [6.07, 6.45) is 0.624. The Morgan fingerprint density at radius 1 is 1.21 bits per heavy atom. The lowest BCUT2D eigenvalue weighted by Gasteiger charge is -2.45. The highest BCUT2D eigenvalue weighted by molar-refractivity contribution is 6.24. The number of nitrogens with two attached hydrogens (primary N) is 1. The lowest BCUT2D eigenvalue weighted by Crippen LogP contribution is -2.57. The second-order valence-corrected chi connectivity index (χ2v) is 9.84. The largest absolute Gasteiger partial charge is 0.511 e. The number of aliphatic hydroxyl groups excluding tert-OH is 2. The molecule has 0 heterocycles. The highest BCUT2D eigenvalue weighted by Gasteiger charge is 2.59. The predicted molar refractivity (Wildman–Crippen MR) is 120 cm³/mol. The molecule has 0 bridgehead atoms. The smallest absolute Gasteiger partial charge is 0.255 e. The first-order valence-corrected chi connectivity index (χ1v) is 11.3.